The van der Waals surface area contributed by atoms with Crippen molar-refractivity contribution in [1.82, 2.24) is 10.2 Å². The maximum absolute atomic E-state index is 13.3. The number of nitrogens with one attached hydrogen (secondary N) is 1. The van der Waals surface area contributed by atoms with Gasteiger partial charge in [-0.2, -0.15) is 0 Å². The van der Waals surface area contributed by atoms with Gasteiger partial charge in [-0.3, -0.25) is 4.90 Å². The molecule has 0 unspecified atom stereocenters. The molecule has 21 heavy (non-hydrogen) atoms. The summed E-state index contributed by atoms with van der Waals surface area (Å²) in [5, 5.41) is 3.22. The van der Waals surface area contributed by atoms with E-state index in [0.717, 1.165) is 38.3 Å². The highest BCUT2D eigenvalue weighted by molar-refractivity contribution is 5.85. The van der Waals surface area contributed by atoms with E-state index >= 15 is 0 Å². The number of halogens is 5. The summed E-state index contributed by atoms with van der Waals surface area (Å²) in [4.78, 5) is 2.13. The molecule has 1 atom stereocenters. The van der Waals surface area contributed by atoms with Crippen molar-refractivity contribution >= 4 is 24.8 Å². The second-order valence-corrected chi connectivity index (χ2v) is 4.62. The van der Waals surface area contributed by atoms with Gasteiger partial charge in [0.15, 0.2) is 17.5 Å². The van der Waals surface area contributed by atoms with Crippen LogP contribution in [0.5, 0.6) is 0 Å². The first kappa shape index (κ1) is 20.2. The summed E-state index contributed by atoms with van der Waals surface area (Å²) >= 11 is 0. The molecule has 0 aliphatic carbocycles. The van der Waals surface area contributed by atoms with Crippen molar-refractivity contribution in [3.05, 3.63) is 47.8 Å². The van der Waals surface area contributed by atoms with Crippen LogP contribution in [0.1, 0.15) is 18.0 Å². The lowest BCUT2D eigenvalue weighted by atomic mass is 10.0. The molecule has 0 bridgehead atoms. The lowest BCUT2D eigenvalue weighted by molar-refractivity contribution is 0.173. The third-order valence-electron chi connectivity index (χ3n) is 3.37. The predicted octanol–water partition coefficient (Wildman–Crippen LogP) is 3.47. The molecule has 1 aliphatic rings. The Balaban J connectivity index is 0.00000200. The Labute approximate surface area is 135 Å². The van der Waals surface area contributed by atoms with Crippen molar-refractivity contribution < 1.29 is 13.2 Å². The zero-order chi connectivity index (χ0) is 13.8. The molecular weight excluding hydrogens is 324 g/mol. The van der Waals surface area contributed by atoms with E-state index in [1.165, 1.54) is 0 Å². The monoisotopic (exact) mass is 342 g/mol. The van der Waals surface area contributed by atoms with E-state index < -0.39 is 17.5 Å². The normalized spacial score (nSPS) is 16.5. The summed E-state index contributed by atoms with van der Waals surface area (Å²) in [6.45, 7) is 6.93. The van der Waals surface area contributed by atoms with E-state index in [2.05, 4.69) is 16.8 Å². The fraction of sp³-hybridized carbons (Fsp3) is 0.429. The van der Waals surface area contributed by atoms with Crippen molar-refractivity contribution in [3.8, 4) is 0 Å². The minimum Gasteiger partial charge on any atom is -0.314 e. The van der Waals surface area contributed by atoms with Crippen LogP contribution in [-0.2, 0) is 0 Å². The predicted molar refractivity (Wildman–Crippen MR) is 82.8 cm³/mol. The Morgan fingerprint density at radius 3 is 2.14 bits per heavy atom. The third-order valence-corrected chi connectivity index (χ3v) is 3.37. The highest BCUT2D eigenvalue weighted by atomic mass is 35.5. The number of rotatable bonds is 4. The van der Waals surface area contributed by atoms with Gasteiger partial charge in [-0.25, -0.2) is 13.2 Å². The maximum atomic E-state index is 13.3. The standard InChI is InChI=1S/C14H17F3N2.2ClH/c1-2-3-13(19-6-4-18-5-7-19)10-8-11(15)14(17)12(16)9-10;;/h2,8-9,13,18H,1,3-7H2;2*1H/t13-;;/m1../s1. The molecule has 1 aliphatic heterocycles. The Kier molecular flexibility index (Phi) is 8.97. The summed E-state index contributed by atoms with van der Waals surface area (Å²) in [5.74, 6) is -3.69. The lowest BCUT2D eigenvalue weighted by Crippen LogP contribution is -2.45. The average Bonchev–Trinajstić information content (AvgIpc) is 2.42. The Morgan fingerprint density at radius 2 is 1.67 bits per heavy atom. The van der Waals surface area contributed by atoms with Crippen LogP contribution in [0.15, 0.2) is 24.8 Å². The van der Waals surface area contributed by atoms with Crippen LogP contribution in [0.25, 0.3) is 0 Å². The van der Waals surface area contributed by atoms with Gasteiger partial charge in [-0.05, 0) is 24.1 Å². The summed E-state index contributed by atoms with van der Waals surface area (Å²) < 4.78 is 39.7. The second kappa shape index (κ2) is 9.30. The molecule has 0 radical (unpaired) electrons. The molecule has 1 N–H and O–H groups in total. The van der Waals surface area contributed by atoms with Gasteiger partial charge in [0.25, 0.3) is 0 Å². The minimum atomic E-state index is -1.42. The minimum absolute atomic E-state index is 0. The van der Waals surface area contributed by atoms with Crippen LogP contribution in [0.4, 0.5) is 13.2 Å². The highest BCUT2D eigenvalue weighted by Crippen LogP contribution is 2.27. The fourth-order valence-electron chi connectivity index (χ4n) is 2.42. The van der Waals surface area contributed by atoms with E-state index in [1.54, 1.807) is 6.08 Å². The number of piperazine rings is 1. The molecule has 1 aromatic carbocycles. The Hall–Kier alpha value is -0.750. The summed E-state index contributed by atoms with van der Waals surface area (Å²) in [7, 11) is 0. The molecule has 1 fully saturated rings. The molecule has 0 spiro atoms. The number of hydrogen-bond acceptors (Lipinski definition) is 2. The Bertz CT molecular complexity index is 443. The molecular formula is C14H19Cl2F3N2. The second-order valence-electron chi connectivity index (χ2n) is 4.62. The van der Waals surface area contributed by atoms with Gasteiger partial charge in [0, 0.05) is 32.2 Å². The highest BCUT2D eigenvalue weighted by Gasteiger charge is 2.23. The van der Waals surface area contributed by atoms with Gasteiger partial charge in [0.1, 0.15) is 0 Å². The number of nitrogens with zero attached hydrogens (tertiary/aromatic N) is 1. The van der Waals surface area contributed by atoms with E-state index in [9.17, 15) is 13.2 Å². The zero-order valence-corrected chi connectivity index (χ0v) is 13.1. The molecule has 0 saturated carbocycles. The van der Waals surface area contributed by atoms with Gasteiger partial charge in [-0.15, -0.1) is 31.4 Å². The van der Waals surface area contributed by atoms with E-state index in [-0.39, 0.29) is 30.9 Å². The first-order valence-corrected chi connectivity index (χ1v) is 6.33. The number of benzene rings is 1. The van der Waals surface area contributed by atoms with Crippen LogP contribution >= 0.6 is 24.8 Å². The van der Waals surface area contributed by atoms with Crippen LogP contribution < -0.4 is 5.32 Å². The molecule has 1 saturated heterocycles. The van der Waals surface area contributed by atoms with Crippen molar-refractivity contribution in [1.29, 1.82) is 0 Å². The van der Waals surface area contributed by atoms with Gasteiger partial charge in [-0.1, -0.05) is 6.08 Å². The first-order valence-electron chi connectivity index (χ1n) is 6.33. The van der Waals surface area contributed by atoms with Crippen LogP contribution in [0.2, 0.25) is 0 Å². The van der Waals surface area contributed by atoms with Crippen molar-refractivity contribution in [3.63, 3.8) is 0 Å². The van der Waals surface area contributed by atoms with Gasteiger partial charge in [0.05, 0.1) is 0 Å². The molecule has 1 heterocycles. The largest absolute Gasteiger partial charge is 0.314 e. The van der Waals surface area contributed by atoms with Crippen molar-refractivity contribution in [2.24, 2.45) is 0 Å². The van der Waals surface area contributed by atoms with E-state index in [4.69, 9.17) is 0 Å². The van der Waals surface area contributed by atoms with E-state index in [0.29, 0.717) is 12.0 Å². The van der Waals surface area contributed by atoms with Crippen molar-refractivity contribution in [2.45, 2.75) is 12.5 Å². The maximum Gasteiger partial charge on any atom is 0.194 e. The molecule has 0 amide bonds. The van der Waals surface area contributed by atoms with Crippen LogP contribution in [0, 0.1) is 17.5 Å². The smallest absolute Gasteiger partial charge is 0.194 e. The first-order chi connectivity index (χ1) is 9.13. The molecule has 7 heteroatoms. The molecule has 120 valence electrons. The summed E-state index contributed by atoms with van der Waals surface area (Å²) in [6.07, 6.45) is 2.29. The van der Waals surface area contributed by atoms with E-state index in [1.807, 2.05) is 0 Å². The quantitative estimate of drug-likeness (QED) is 0.665. The average molecular weight is 343 g/mol. The lowest BCUT2D eigenvalue weighted by Gasteiger charge is -2.34. The van der Waals surface area contributed by atoms with Gasteiger partial charge >= 0.3 is 0 Å². The molecule has 2 rings (SSSR count). The summed E-state index contributed by atoms with van der Waals surface area (Å²) in [6, 6.07) is 1.99. The summed E-state index contributed by atoms with van der Waals surface area (Å²) in [5.41, 5.74) is 0.457. The van der Waals surface area contributed by atoms with Gasteiger partial charge < -0.3 is 5.32 Å². The molecule has 1 aromatic rings. The topological polar surface area (TPSA) is 15.3 Å². The zero-order valence-electron chi connectivity index (χ0n) is 11.4. The van der Waals surface area contributed by atoms with Crippen molar-refractivity contribution in [2.75, 3.05) is 26.2 Å². The van der Waals surface area contributed by atoms with Crippen LogP contribution in [-0.4, -0.2) is 31.1 Å². The number of hydrogen-bond donors (Lipinski definition) is 1. The fourth-order valence-corrected chi connectivity index (χ4v) is 2.42. The molecule has 2 nitrogen and oxygen atoms in total. The SMILES string of the molecule is C=CC[C@H](c1cc(F)c(F)c(F)c1)N1CCNCC1.Cl.Cl. The van der Waals surface area contributed by atoms with Crippen LogP contribution in [0.3, 0.4) is 0 Å². The Morgan fingerprint density at radius 1 is 1.14 bits per heavy atom. The molecule has 0 aromatic heterocycles. The van der Waals surface area contributed by atoms with Gasteiger partial charge in [0.2, 0.25) is 0 Å². The third kappa shape index (κ3) is 4.88.